The fraction of sp³-hybridized carbons (Fsp3) is 0.538. The first-order valence-corrected chi connectivity index (χ1v) is 6.66. The number of aromatic nitrogens is 4. The number of hydrogen-bond donors (Lipinski definition) is 2. The molecule has 0 aliphatic carbocycles. The van der Waals surface area contributed by atoms with E-state index < -0.39 is 0 Å². The van der Waals surface area contributed by atoms with Gasteiger partial charge in [-0.25, -0.2) is 0 Å². The molecule has 0 radical (unpaired) electrons. The van der Waals surface area contributed by atoms with E-state index in [0.29, 0.717) is 30.5 Å². The third-order valence-corrected chi connectivity index (χ3v) is 2.89. The molecular weight excluding hydrogens is 254 g/mol. The van der Waals surface area contributed by atoms with Gasteiger partial charge < -0.3 is 10.2 Å². The monoisotopic (exact) mass is 273 g/mol. The predicted molar refractivity (Wildman–Crippen MR) is 78.5 cm³/mol. The summed E-state index contributed by atoms with van der Waals surface area (Å²) in [5.74, 6) is 1.84. The van der Waals surface area contributed by atoms with Crippen LogP contribution in [0.4, 0.5) is 11.8 Å². The van der Waals surface area contributed by atoms with Gasteiger partial charge in [-0.2, -0.15) is 20.3 Å². The molecule has 7 heteroatoms. The van der Waals surface area contributed by atoms with E-state index in [1.54, 1.807) is 13.2 Å². The summed E-state index contributed by atoms with van der Waals surface area (Å²) in [6.45, 7) is 5.77. The van der Waals surface area contributed by atoms with Crippen LogP contribution in [-0.2, 0) is 0 Å². The maximum atomic E-state index is 8.83. The number of nitrogens with zero attached hydrogens (tertiary/aromatic N) is 5. The smallest absolute Gasteiger partial charge is 0.226 e. The molecule has 0 saturated carbocycles. The van der Waals surface area contributed by atoms with Crippen LogP contribution in [-0.4, -0.2) is 40.3 Å². The molecule has 0 spiro atoms. The topological polar surface area (TPSA) is 93.5 Å². The second-order valence-electron chi connectivity index (χ2n) is 5.00. The van der Waals surface area contributed by atoms with Crippen LogP contribution in [0.25, 0.3) is 11.0 Å². The third kappa shape index (κ3) is 2.96. The van der Waals surface area contributed by atoms with E-state index in [-0.39, 0.29) is 0 Å². The van der Waals surface area contributed by atoms with Crippen LogP contribution in [0.5, 0.6) is 0 Å². The first-order valence-electron chi connectivity index (χ1n) is 6.66. The largest absolute Gasteiger partial charge is 0.357 e. The summed E-state index contributed by atoms with van der Waals surface area (Å²) >= 11 is 0. The van der Waals surface area contributed by atoms with Gasteiger partial charge in [0.25, 0.3) is 0 Å². The van der Waals surface area contributed by atoms with Gasteiger partial charge in [0, 0.05) is 20.1 Å². The zero-order valence-electron chi connectivity index (χ0n) is 12.0. The normalized spacial score (nSPS) is 10.8. The zero-order valence-corrected chi connectivity index (χ0v) is 12.0. The van der Waals surface area contributed by atoms with Crippen LogP contribution in [0.15, 0.2) is 6.20 Å². The summed E-state index contributed by atoms with van der Waals surface area (Å²) in [6, 6.07) is 2.19. The highest BCUT2D eigenvalue weighted by molar-refractivity contribution is 5.87. The minimum Gasteiger partial charge on any atom is -0.357 e. The second kappa shape index (κ2) is 6.19. The number of rotatable bonds is 6. The molecule has 0 atom stereocenters. The lowest BCUT2D eigenvalue weighted by atomic mass is 10.2. The number of nitrogens with one attached hydrogen (secondary N) is 2. The van der Waals surface area contributed by atoms with Crippen molar-refractivity contribution in [1.29, 1.82) is 5.26 Å². The van der Waals surface area contributed by atoms with Gasteiger partial charge in [-0.05, 0) is 5.92 Å². The molecule has 0 aliphatic heterocycles. The SMILES string of the molecule is CNc1nc(N(CCC#N)CC(C)C)c2cn[nH]c2n1. The van der Waals surface area contributed by atoms with Crippen molar-refractivity contribution in [2.75, 3.05) is 30.4 Å². The van der Waals surface area contributed by atoms with Gasteiger partial charge in [-0.3, -0.25) is 5.10 Å². The van der Waals surface area contributed by atoms with Gasteiger partial charge in [0.1, 0.15) is 5.82 Å². The van der Waals surface area contributed by atoms with E-state index in [9.17, 15) is 0 Å². The van der Waals surface area contributed by atoms with Crippen molar-refractivity contribution in [3.63, 3.8) is 0 Å². The Kier molecular flexibility index (Phi) is 4.35. The number of nitriles is 1. The Balaban J connectivity index is 2.44. The fourth-order valence-electron chi connectivity index (χ4n) is 2.08. The molecule has 0 fully saturated rings. The average Bonchev–Trinajstić information content (AvgIpc) is 2.90. The van der Waals surface area contributed by atoms with Crippen molar-refractivity contribution < 1.29 is 0 Å². The van der Waals surface area contributed by atoms with Crippen molar-refractivity contribution >= 4 is 22.8 Å². The van der Waals surface area contributed by atoms with Gasteiger partial charge in [0.05, 0.1) is 24.1 Å². The molecule has 0 aliphatic rings. The first kappa shape index (κ1) is 14.1. The lowest BCUT2D eigenvalue weighted by molar-refractivity contribution is 0.609. The van der Waals surface area contributed by atoms with Crippen LogP contribution >= 0.6 is 0 Å². The lowest BCUT2D eigenvalue weighted by Crippen LogP contribution is -2.29. The minimum absolute atomic E-state index is 0.463. The number of fused-ring (bicyclic) bond motifs is 1. The molecule has 2 aromatic rings. The number of hydrogen-bond acceptors (Lipinski definition) is 6. The van der Waals surface area contributed by atoms with E-state index >= 15 is 0 Å². The standard InChI is InChI=1S/C13H19N7/c1-9(2)8-20(6-4-5-14)12-10-7-16-19-11(10)17-13(15-3)18-12/h7,9H,4,6,8H2,1-3H3,(H2,15,16,17,18,19). The molecule has 0 amide bonds. The first-order chi connectivity index (χ1) is 9.65. The molecule has 0 bridgehead atoms. The molecule has 106 valence electrons. The number of aromatic amines is 1. The van der Waals surface area contributed by atoms with Crippen molar-refractivity contribution in [1.82, 2.24) is 20.2 Å². The molecule has 0 saturated heterocycles. The van der Waals surface area contributed by atoms with Gasteiger partial charge in [0.15, 0.2) is 5.65 Å². The summed E-state index contributed by atoms with van der Waals surface area (Å²) in [6.07, 6.45) is 2.19. The molecule has 2 N–H and O–H groups in total. The highest BCUT2D eigenvalue weighted by Gasteiger charge is 2.16. The Hall–Kier alpha value is -2.36. The van der Waals surface area contributed by atoms with E-state index in [0.717, 1.165) is 17.7 Å². The maximum absolute atomic E-state index is 8.83. The van der Waals surface area contributed by atoms with E-state index in [1.807, 2.05) is 0 Å². The average molecular weight is 273 g/mol. The molecule has 2 heterocycles. The van der Waals surface area contributed by atoms with Gasteiger partial charge in [0.2, 0.25) is 5.95 Å². The summed E-state index contributed by atoms with van der Waals surface area (Å²) in [4.78, 5) is 11.0. The van der Waals surface area contributed by atoms with Gasteiger partial charge >= 0.3 is 0 Å². The molecule has 7 nitrogen and oxygen atoms in total. The van der Waals surface area contributed by atoms with Crippen LogP contribution in [0, 0.1) is 17.2 Å². The summed E-state index contributed by atoms with van der Waals surface area (Å²) in [5, 5.41) is 19.6. The van der Waals surface area contributed by atoms with Crippen molar-refractivity contribution in [3.05, 3.63) is 6.20 Å². The quantitative estimate of drug-likeness (QED) is 0.833. The zero-order chi connectivity index (χ0) is 14.5. The van der Waals surface area contributed by atoms with Crippen LogP contribution in [0.2, 0.25) is 0 Å². The van der Waals surface area contributed by atoms with E-state index in [2.05, 4.69) is 50.3 Å². The molecule has 20 heavy (non-hydrogen) atoms. The summed E-state index contributed by atoms with van der Waals surface area (Å²) in [7, 11) is 1.78. The lowest BCUT2D eigenvalue weighted by Gasteiger charge is -2.25. The van der Waals surface area contributed by atoms with Crippen molar-refractivity contribution in [2.24, 2.45) is 5.92 Å². The Morgan fingerprint density at radius 1 is 1.45 bits per heavy atom. The highest BCUT2D eigenvalue weighted by Crippen LogP contribution is 2.24. The molecule has 0 unspecified atom stereocenters. The van der Waals surface area contributed by atoms with E-state index in [4.69, 9.17) is 5.26 Å². The maximum Gasteiger partial charge on any atom is 0.226 e. The van der Waals surface area contributed by atoms with Crippen molar-refractivity contribution in [3.8, 4) is 6.07 Å². The molecule has 2 aromatic heterocycles. The van der Waals surface area contributed by atoms with Gasteiger partial charge in [-0.15, -0.1) is 0 Å². The van der Waals surface area contributed by atoms with Crippen molar-refractivity contribution in [2.45, 2.75) is 20.3 Å². The summed E-state index contributed by atoms with van der Waals surface area (Å²) < 4.78 is 0. The molecule has 2 rings (SSSR count). The predicted octanol–water partition coefficient (Wildman–Crippen LogP) is 1.77. The number of anilines is 2. The minimum atomic E-state index is 0.463. The Bertz CT molecular complexity index is 611. The van der Waals surface area contributed by atoms with Gasteiger partial charge in [-0.1, -0.05) is 13.8 Å². The molecular formula is C13H19N7. The number of H-pyrrole nitrogens is 1. The summed E-state index contributed by atoms with van der Waals surface area (Å²) in [5.41, 5.74) is 0.699. The van der Waals surface area contributed by atoms with Crippen LogP contribution < -0.4 is 10.2 Å². The Morgan fingerprint density at radius 2 is 2.25 bits per heavy atom. The van der Waals surface area contributed by atoms with Crippen LogP contribution in [0.1, 0.15) is 20.3 Å². The van der Waals surface area contributed by atoms with E-state index in [1.165, 1.54) is 0 Å². The molecule has 0 aromatic carbocycles. The Labute approximate surface area is 118 Å². The third-order valence-electron chi connectivity index (χ3n) is 2.89. The second-order valence-corrected chi connectivity index (χ2v) is 5.00. The van der Waals surface area contributed by atoms with Crippen LogP contribution in [0.3, 0.4) is 0 Å². The highest BCUT2D eigenvalue weighted by atomic mass is 15.3. The Morgan fingerprint density at radius 3 is 2.90 bits per heavy atom. The fourth-order valence-corrected chi connectivity index (χ4v) is 2.08.